The first-order chi connectivity index (χ1) is 11.4. The summed E-state index contributed by atoms with van der Waals surface area (Å²) >= 11 is 0. The first-order valence-corrected chi connectivity index (χ1v) is 8.27. The zero-order valence-corrected chi connectivity index (χ0v) is 14.5. The quantitative estimate of drug-likeness (QED) is 0.532. The van der Waals surface area contributed by atoms with Crippen molar-refractivity contribution >= 4 is 5.96 Å². The molecule has 2 N–H and O–H groups in total. The van der Waals surface area contributed by atoms with Gasteiger partial charge in [0.15, 0.2) is 5.96 Å². The standard InChI is InChI=1S/C16H27F3N4O/c1-4-20-15(21-10-9-16(17,18)19)22-12-13(23(5-2)6-3)14-8-7-11-24-14/h7-8,11,13H,4-6,9-10,12H2,1-3H3,(H2,20,21,22). The molecule has 0 saturated heterocycles. The number of likely N-dealkylation sites (N-methyl/N-ethyl adjacent to an activating group) is 1. The third-order valence-electron chi connectivity index (χ3n) is 3.59. The minimum Gasteiger partial charge on any atom is -0.468 e. The lowest BCUT2D eigenvalue weighted by Crippen LogP contribution is -2.40. The van der Waals surface area contributed by atoms with Crippen LogP contribution in [0.4, 0.5) is 13.2 Å². The van der Waals surface area contributed by atoms with Gasteiger partial charge in [-0.15, -0.1) is 0 Å². The normalized spacial score (nSPS) is 14.0. The van der Waals surface area contributed by atoms with Crippen molar-refractivity contribution in [1.82, 2.24) is 15.5 Å². The van der Waals surface area contributed by atoms with Crippen molar-refractivity contribution in [2.45, 2.75) is 39.4 Å². The Balaban J connectivity index is 2.75. The number of hydrogen-bond donors (Lipinski definition) is 2. The van der Waals surface area contributed by atoms with Crippen LogP contribution in [0.5, 0.6) is 0 Å². The number of alkyl halides is 3. The van der Waals surface area contributed by atoms with Gasteiger partial charge in [-0.2, -0.15) is 13.2 Å². The average Bonchev–Trinajstić information content (AvgIpc) is 3.04. The van der Waals surface area contributed by atoms with Crippen LogP contribution < -0.4 is 10.6 Å². The van der Waals surface area contributed by atoms with E-state index >= 15 is 0 Å². The van der Waals surface area contributed by atoms with Gasteiger partial charge in [0.2, 0.25) is 0 Å². The number of nitrogens with one attached hydrogen (secondary N) is 2. The maximum absolute atomic E-state index is 12.3. The van der Waals surface area contributed by atoms with Crippen LogP contribution in [0.25, 0.3) is 0 Å². The largest absolute Gasteiger partial charge is 0.468 e. The number of nitrogens with zero attached hydrogens (tertiary/aromatic N) is 2. The third-order valence-corrected chi connectivity index (χ3v) is 3.59. The molecule has 0 fully saturated rings. The molecule has 0 saturated carbocycles. The first-order valence-electron chi connectivity index (χ1n) is 8.27. The van der Waals surface area contributed by atoms with Crippen molar-refractivity contribution in [3.8, 4) is 0 Å². The summed E-state index contributed by atoms with van der Waals surface area (Å²) < 4.78 is 42.3. The Labute approximate surface area is 141 Å². The fourth-order valence-electron chi connectivity index (χ4n) is 2.37. The molecule has 0 spiro atoms. The highest BCUT2D eigenvalue weighted by atomic mass is 19.4. The molecule has 0 aliphatic carbocycles. The van der Waals surface area contributed by atoms with E-state index in [0.717, 1.165) is 18.8 Å². The summed E-state index contributed by atoms with van der Waals surface area (Å²) in [6.07, 6.45) is -3.46. The van der Waals surface area contributed by atoms with Crippen molar-refractivity contribution in [1.29, 1.82) is 0 Å². The molecule has 0 aromatic carbocycles. The Hall–Kier alpha value is -1.70. The van der Waals surface area contributed by atoms with Crippen LogP contribution >= 0.6 is 0 Å². The fraction of sp³-hybridized carbons (Fsp3) is 0.688. The van der Waals surface area contributed by atoms with Gasteiger partial charge >= 0.3 is 6.18 Å². The van der Waals surface area contributed by atoms with Gasteiger partial charge in [-0.3, -0.25) is 9.89 Å². The third kappa shape index (κ3) is 7.25. The molecule has 1 rings (SSSR count). The van der Waals surface area contributed by atoms with E-state index in [2.05, 4.69) is 34.4 Å². The molecular formula is C16H27F3N4O. The molecule has 0 amide bonds. The number of guanidine groups is 1. The Morgan fingerprint density at radius 2 is 1.96 bits per heavy atom. The summed E-state index contributed by atoms with van der Waals surface area (Å²) in [5, 5.41) is 5.69. The van der Waals surface area contributed by atoms with Gasteiger partial charge in [-0.1, -0.05) is 13.8 Å². The van der Waals surface area contributed by atoms with E-state index in [1.807, 2.05) is 19.1 Å². The van der Waals surface area contributed by atoms with Crippen molar-refractivity contribution in [2.75, 3.05) is 32.7 Å². The Morgan fingerprint density at radius 3 is 2.46 bits per heavy atom. The Bertz CT molecular complexity index is 470. The van der Waals surface area contributed by atoms with E-state index in [9.17, 15) is 13.2 Å². The summed E-state index contributed by atoms with van der Waals surface area (Å²) in [4.78, 5) is 6.63. The first kappa shape index (κ1) is 20.3. The summed E-state index contributed by atoms with van der Waals surface area (Å²) in [6, 6.07) is 3.67. The van der Waals surface area contributed by atoms with E-state index in [0.29, 0.717) is 19.0 Å². The minimum atomic E-state index is -4.18. The zero-order chi connectivity index (χ0) is 18.0. The maximum Gasteiger partial charge on any atom is 0.390 e. The molecule has 1 heterocycles. The molecular weight excluding hydrogens is 321 g/mol. The molecule has 0 aliphatic rings. The van der Waals surface area contributed by atoms with Gasteiger partial charge in [0.1, 0.15) is 5.76 Å². The molecule has 0 bridgehead atoms. The molecule has 138 valence electrons. The predicted octanol–water partition coefficient (Wildman–Crippen LogP) is 3.17. The lowest BCUT2D eigenvalue weighted by atomic mass is 10.2. The molecule has 8 heteroatoms. The molecule has 1 atom stereocenters. The van der Waals surface area contributed by atoms with Gasteiger partial charge in [0, 0.05) is 13.1 Å². The second kappa shape index (κ2) is 10.2. The van der Waals surface area contributed by atoms with E-state index in [1.165, 1.54) is 0 Å². The summed E-state index contributed by atoms with van der Waals surface area (Å²) in [5.74, 6) is 1.18. The van der Waals surface area contributed by atoms with E-state index in [-0.39, 0.29) is 12.6 Å². The smallest absolute Gasteiger partial charge is 0.390 e. The van der Waals surface area contributed by atoms with Crippen LogP contribution in [0.2, 0.25) is 0 Å². The number of halogens is 3. The second-order valence-electron chi connectivity index (χ2n) is 5.26. The molecule has 0 radical (unpaired) electrons. The summed E-state index contributed by atoms with van der Waals surface area (Å²) in [5.41, 5.74) is 0. The predicted molar refractivity (Wildman–Crippen MR) is 89.0 cm³/mol. The highest BCUT2D eigenvalue weighted by molar-refractivity contribution is 5.79. The second-order valence-corrected chi connectivity index (χ2v) is 5.26. The van der Waals surface area contributed by atoms with E-state index in [4.69, 9.17) is 4.42 Å². The van der Waals surface area contributed by atoms with Crippen LogP contribution in [-0.4, -0.2) is 49.8 Å². The maximum atomic E-state index is 12.3. The monoisotopic (exact) mass is 348 g/mol. The van der Waals surface area contributed by atoms with Crippen molar-refractivity contribution in [3.63, 3.8) is 0 Å². The Kier molecular flexibility index (Phi) is 8.67. The average molecular weight is 348 g/mol. The molecule has 1 aromatic rings. The van der Waals surface area contributed by atoms with Gasteiger partial charge in [0.25, 0.3) is 0 Å². The van der Waals surface area contributed by atoms with Gasteiger partial charge in [-0.25, -0.2) is 0 Å². The summed E-state index contributed by atoms with van der Waals surface area (Å²) in [6.45, 7) is 8.41. The number of aliphatic imine (C=N–C) groups is 1. The van der Waals surface area contributed by atoms with E-state index < -0.39 is 12.6 Å². The van der Waals surface area contributed by atoms with Crippen LogP contribution in [0.3, 0.4) is 0 Å². The van der Waals surface area contributed by atoms with Gasteiger partial charge < -0.3 is 15.1 Å². The van der Waals surface area contributed by atoms with Crippen molar-refractivity contribution < 1.29 is 17.6 Å². The lowest BCUT2D eigenvalue weighted by Gasteiger charge is -2.27. The fourth-order valence-corrected chi connectivity index (χ4v) is 2.37. The van der Waals surface area contributed by atoms with Crippen molar-refractivity contribution in [3.05, 3.63) is 24.2 Å². The Morgan fingerprint density at radius 1 is 1.25 bits per heavy atom. The number of furan rings is 1. The SMILES string of the molecule is CCNC(=NCC(c1ccco1)N(CC)CC)NCCC(F)(F)F. The van der Waals surface area contributed by atoms with Gasteiger partial charge in [0.05, 0.1) is 25.3 Å². The summed E-state index contributed by atoms with van der Waals surface area (Å²) in [7, 11) is 0. The molecule has 5 nitrogen and oxygen atoms in total. The number of hydrogen-bond acceptors (Lipinski definition) is 3. The van der Waals surface area contributed by atoms with Crippen LogP contribution in [0, 0.1) is 0 Å². The highest BCUT2D eigenvalue weighted by Gasteiger charge is 2.26. The van der Waals surface area contributed by atoms with Crippen LogP contribution in [0.15, 0.2) is 27.8 Å². The highest BCUT2D eigenvalue weighted by Crippen LogP contribution is 2.21. The van der Waals surface area contributed by atoms with Gasteiger partial charge in [-0.05, 0) is 32.1 Å². The number of rotatable bonds is 9. The van der Waals surface area contributed by atoms with E-state index in [1.54, 1.807) is 6.26 Å². The molecule has 1 unspecified atom stereocenters. The van der Waals surface area contributed by atoms with Crippen LogP contribution in [-0.2, 0) is 0 Å². The lowest BCUT2D eigenvalue weighted by molar-refractivity contribution is -0.132. The zero-order valence-electron chi connectivity index (χ0n) is 14.5. The minimum absolute atomic E-state index is 0.0481. The molecule has 1 aromatic heterocycles. The molecule has 0 aliphatic heterocycles. The molecule has 24 heavy (non-hydrogen) atoms. The van der Waals surface area contributed by atoms with Crippen molar-refractivity contribution in [2.24, 2.45) is 4.99 Å². The topological polar surface area (TPSA) is 52.8 Å². The van der Waals surface area contributed by atoms with Crippen LogP contribution in [0.1, 0.15) is 39.0 Å².